The Bertz CT molecular complexity index is 1010. The van der Waals surface area contributed by atoms with Crippen molar-refractivity contribution < 1.29 is 14.1 Å². The van der Waals surface area contributed by atoms with Crippen LogP contribution in [0.1, 0.15) is 32.2 Å². The molecule has 27 heavy (non-hydrogen) atoms. The molecule has 0 saturated heterocycles. The van der Waals surface area contributed by atoms with Crippen LogP contribution >= 0.6 is 23.2 Å². The smallest absolute Gasteiger partial charge is 0.264 e. The highest BCUT2D eigenvalue weighted by molar-refractivity contribution is 6.39. The van der Waals surface area contributed by atoms with Gasteiger partial charge in [-0.3, -0.25) is 10.1 Å². The first-order valence-corrected chi connectivity index (χ1v) is 9.06. The number of amides is 1. The van der Waals surface area contributed by atoms with Gasteiger partial charge in [-0.25, -0.2) is 4.98 Å². The van der Waals surface area contributed by atoms with Crippen molar-refractivity contribution in [1.82, 2.24) is 10.1 Å². The Kier molecular flexibility index (Phi) is 5.31. The predicted octanol–water partition coefficient (Wildman–Crippen LogP) is 5.15. The molecule has 6 nitrogen and oxygen atoms in total. The number of anilines is 1. The molecule has 1 amide bonds. The zero-order valence-corrected chi connectivity index (χ0v) is 16.9. The van der Waals surface area contributed by atoms with E-state index in [9.17, 15) is 4.79 Å². The van der Waals surface area contributed by atoms with Crippen molar-refractivity contribution in [2.24, 2.45) is 0 Å². The molecule has 0 unspecified atom stereocenters. The number of hydrogen-bond donors (Lipinski definition) is 1. The van der Waals surface area contributed by atoms with Crippen LogP contribution in [0, 0.1) is 6.92 Å². The average molecular weight is 408 g/mol. The largest absolute Gasteiger partial charge is 0.480 e. The Balaban J connectivity index is 1.76. The quantitative estimate of drug-likeness (QED) is 0.646. The lowest BCUT2D eigenvalue weighted by Crippen LogP contribution is -2.20. The van der Waals surface area contributed by atoms with Crippen molar-refractivity contribution in [3.05, 3.63) is 45.7 Å². The Morgan fingerprint density at radius 1 is 1.22 bits per heavy atom. The molecule has 3 aromatic rings. The van der Waals surface area contributed by atoms with Gasteiger partial charge in [0.05, 0.1) is 15.7 Å². The molecule has 0 atom stereocenters. The molecule has 0 aliphatic rings. The van der Waals surface area contributed by atoms with E-state index in [1.54, 1.807) is 12.1 Å². The summed E-state index contributed by atoms with van der Waals surface area (Å²) < 4.78 is 10.8. The van der Waals surface area contributed by atoms with Crippen molar-refractivity contribution in [3.8, 4) is 5.75 Å². The van der Waals surface area contributed by atoms with Crippen molar-refractivity contribution >= 4 is 45.9 Å². The second kappa shape index (κ2) is 7.37. The fourth-order valence-electron chi connectivity index (χ4n) is 2.43. The van der Waals surface area contributed by atoms with E-state index in [4.69, 9.17) is 32.5 Å². The number of nitrogens with one attached hydrogen (secondary N) is 1. The molecular formula is C19H19Cl2N3O3. The standard InChI is InChI=1S/C19H19Cl2N3O3/c1-10-5-6-11-12(20)7-13(21)18(17(11)22-10)26-9-15(25)23-16-8-14(24-27-16)19(2,3)4/h5-8H,9H2,1-4H3,(H,23,25). The summed E-state index contributed by atoms with van der Waals surface area (Å²) in [6, 6.07) is 6.94. The summed E-state index contributed by atoms with van der Waals surface area (Å²) in [4.78, 5) is 16.6. The third kappa shape index (κ3) is 4.34. The lowest BCUT2D eigenvalue weighted by atomic mass is 9.92. The summed E-state index contributed by atoms with van der Waals surface area (Å²) in [7, 11) is 0. The summed E-state index contributed by atoms with van der Waals surface area (Å²) in [6.45, 7) is 7.59. The molecule has 1 aromatic carbocycles. The maximum absolute atomic E-state index is 12.2. The van der Waals surface area contributed by atoms with Crippen molar-refractivity contribution in [2.75, 3.05) is 11.9 Å². The Labute approximate surface area is 166 Å². The third-order valence-electron chi connectivity index (χ3n) is 3.87. The van der Waals surface area contributed by atoms with E-state index in [0.29, 0.717) is 21.7 Å². The van der Waals surface area contributed by atoms with Gasteiger partial charge in [-0.1, -0.05) is 49.1 Å². The number of aromatic nitrogens is 2. The molecule has 8 heteroatoms. The third-order valence-corrected chi connectivity index (χ3v) is 4.46. The number of benzene rings is 1. The first kappa shape index (κ1) is 19.5. The van der Waals surface area contributed by atoms with Crippen LogP contribution in [0.5, 0.6) is 5.75 Å². The van der Waals surface area contributed by atoms with E-state index < -0.39 is 5.91 Å². The molecule has 1 N–H and O–H groups in total. The lowest BCUT2D eigenvalue weighted by Gasteiger charge is -2.12. The van der Waals surface area contributed by atoms with Crippen LogP contribution in [0.4, 0.5) is 5.88 Å². The molecule has 142 valence electrons. The monoisotopic (exact) mass is 407 g/mol. The highest BCUT2D eigenvalue weighted by Gasteiger charge is 2.20. The minimum atomic E-state index is -0.404. The fourth-order valence-corrected chi connectivity index (χ4v) is 3.00. The van der Waals surface area contributed by atoms with E-state index >= 15 is 0 Å². The Hall–Kier alpha value is -2.31. The lowest BCUT2D eigenvalue weighted by molar-refractivity contribution is -0.118. The number of rotatable bonds is 4. The number of carbonyl (C=O) groups is 1. The normalized spacial score (nSPS) is 11.6. The summed E-state index contributed by atoms with van der Waals surface area (Å²) in [5, 5.41) is 8.02. The van der Waals surface area contributed by atoms with E-state index in [1.807, 2.05) is 39.8 Å². The Morgan fingerprint density at radius 2 is 1.96 bits per heavy atom. The van der Waals surface area contributed by atoms with Gasteiger partial charge in [-0.2, -0.15) is 0 Å². The van der Waals surface area contributed by atoms with Crippen molar-refractivity contribution in [3.63, 3.8) is 0 Å². The minimum Gasteiger partial charge on any atom is -0.480 e. The van der Waals surface area contributed by atoms with Gasteiger partial charge in [-0.05, 0) is 25.1 Å². The molecular weight excluding hydrogens is 389 g/mol. The van der Waals surface area contributed by atoms with Crippen LogP contribution in [0.2, 0.25) is 10.0 Å². The van der Waals surface area contributed by atoms with Crippen LogP contribution in [-0.4, -0.2) is 22.7 Å². The van der Waals surface area contributed by atoms with Crippen LogP contribution in [-0.2, 0) is 10.2 Å². The van der Waals surface area contributed by atoms with Gasteiger partial charge in [-0.15, -0.1) is 0 Å². The van der Waals surface area contributed by atoms with Gasteiger partial charge in [0.25, 0.3) is 5.91 Å². The number of carbonyl (C=O) groups excluding carboxylic acids is 1. The highest BCUT2D eigenvalue weighted by atomic mass is 35.5. The first-order valence-electron chi connectivity index (χ1n) is 8.30. The summed E-state index contributed by atoms with van der Waals surface area (Å²) in [5.41, 5.74) is 1.86. The molecule has 0 saturated carbocycles. The number of ether oxygens (including phenoxy) is 1. The maximum Gasteiger partial charge on any atom is 0.264 e. The van der Waals surface area contributed by atoms with Crippen LogP contribution in [0.25, 0.3) is 10.9 Å². The van der Waals surface area contributed by atoms with Crippen LogP contribution in [0.3, 0.4) is 0 Å². The van der Waals surface area contributed by atoms with E-state index in [-0.39, 0.29) is 22.9 Å². The van der Waals surface area contributed by atoms with Gasteiger partial charge in [0.2, 0.25) is 5.88 Å². The number of halogens is 2. The highest BCUT2D eigenvalue weighted by Crippen LogP contribution is 2.37. The van der Waals surface area contributed by atoms with Gasteiger partial charge in [0.1, 0.15) is 5.52 Å². The zero-order chi connectivity index (χ0) is 19.8. The number of pyridine rings is 1. The number of aryl methyl sites for hydroxylation is 1. The van der Waals surface area contributed by atoms with Gasteiger partial charge >= 0.3 is 0 Å². The summed E-state index contributed by atoms with van der Waals surface area (Å²) >= 11 is 12.5. The molecule has 0 bridgehead atoms. The van der Waals surface area contributed by atoms with Crippen LogP contribution < -0.4 is 10.1 Å². The molecule has 2 heterocycles. The molecule has 0 aliphatic heterocycles. The molecule has 0 spiro atoms. The van der Waals surface area contributed by atoms with E-state index in [1.165, 1.54) is 0 Å². The molecule has 2 aromatic heterocycles. The number of nitrogens with zero attached hydrogens (tertiary/aromatic N) is 2. The zero-order valence-electron chi connectivity index (χ0n) is 15.4. The number of hydrogen-bond acceptors (Lipinski definition) is 5. The molecule has 0 aliphatic carbocycles. The maximum atomic E-state index is 12.2. The van der Waals surface area contributed by atoms with Crippen molar-refractivity contribution in [1.29, 1.82) is 0 Å². The fraction of sp³-hybridized carbons (Fsp3) is 0.316. The Morgan fingerprint density at radius 3 is 2.63 bits per heavy atom. The molecule has 3 rings (SSSR count). The van der Waals surface area contributed by atoms with E-state index in [2.05, 4.69) is 15.5 Å². The van der Waals surface area contributed by atoms with Gasteiger partial charge < -0.3 is 9.26 Å². The van der Waals surface area contributed by atoms with Gasteiger partial charge in [0, 0.05) is 22.6 Å². The second-order valence-corrected chi connectivity index (χ2v) is 8.00. The van der Waals surface area contributed by atoms with Crippen LogP contribution in [0.15, 0.2) is 28.8 Å². The van der Waals surface area contributed by atoms with Gasteiger partial charge in [0.15, 0.2) is 12.4 Å². The molecule has 0 fully saturated rings. The average Bonchev–Trinajstić information content (AvgIpc) is 3.03. The summed E-state index contributed by atoms with van der Waals surface area (Å²) in [5.74, 6) is 0.163. The van der Waals surface area contributed by atoms with E-state index in [0.717, 1.165) is 11.4 Å². The first-order chi connectivity index (χ1) is 12.6. The van der Waals surface area contributed by atoms with Crippen molar-refractivity contribution in [2.45, 2.75) is 33.1 Å². The predicted molar refractivity (Wildman–Crippen MR) is 106 cm³/mol. The second-order valence-electron chi connectivity index (χ2n) is 7.18. The topological polar surface area (TPSA) is 77.2 Å². The molecule has 0 radical (unpaired) electrons. The summed E-state index contributed by atoms with van der Waals surface area (Å²) in [6.07, 6.45) is 0. The SMILES string of the molecule is Cc1ccc2c(Cl)cc(Cl)c(OCC(=O)Nc3cc(C(C)(C)C)no3)c2n1. The minimum absolute atomic E-state index is 0.178. The number of fused-ring (bicyclic) bond motifs is 1.